The Bertz CT molecular complexity index is 1180. The van der Waals surface area contributed by atoms with Crippen LogP contribution in [0, 0.1) is 17.8 Å². The molecule has 1 N–H and O–H groups in total. The molecule has 0 radical (unpaired) electrons. The van der Waals surface area contributed by atoms with Crippen molar-refractivity contribution in [3.05, 3.63) is 36.0 Å². The summed E-state index contributed by atoms with van der Waals surface area (Å²) in [5.41, 5.74) is 0.804. The third kappa shape index (κ3) is 12.1. The van der Waals surface area contributed by atoms with Crippen molar-refractivity contribution in [3.8, 4) is 0 Å². The van der Waals surface area contributed by atoms with Crippen LogP contribution in [0.5, 0.6) is 0 Å². The first-order valence-corrected chi connectivity index (χ1v) is 19.2. The predicted octanol–water partition coefficient (Wildman–Crippen LogP) is 6.83. The normalized spacial score (nSPS) is 31.3. The molecule has 1 aliphatic carbocycles. The van der Waals surface area contributed by atoms with Gasteiger partial charge in [0.1, 0.15) is 18.9 Å². The summed E-state index contributed by atoms with van der Waals surface area (Å²) in [6, 6.07) is 0.227. The molecule has 2 saturated heterocycles. The summed E-state index contributed by atoms with van der Waals surface area (Å²) in [6.07, 6.45) is 16.8. The number of allylic oxidation sites excluding steroid dienone is 2. The topological polar surface area (TPSA) is 109 Å². The van der Waals surface area contributed by atoms with Crippen LogP contribution >= 0.6 is 0 Å². The molecule has 7 atom stereocenters. The molecule has 10 nitrogen and oxygen atoms in total. The fourth-order valence-corrected chi connectivity index (χ4v) is 7.60. The Labute approximate surface area is 299 Å². The van der Waals surface area contributed by atoms with E-state index in [-0.39, 0.29) is 36.9 Å². The van der Waals surface area contributed by atoms with Crippen molar-refractivity contribution in [2.24, 2.45) is 17.8 Å². The summed E-state index contributed by atoms with van der Waals surface area (Å²) >= 11 is 0. The lowest BCUT2D eigenvalue weighted by Gasteiger charge is -2.39. The second-order valence-corrected chi connectivity index (χ2v) is 15.1. The van der Waals surface area contributed by atoms with Gasteiger partial charge in [0.15, 0.2) is 0 Å². The summed E-state index contributed by atoms with van der Waals surface area (Å²) in [6.45, 7) is 11.0. The predicted molar refractivity (Wildman–Crippen MR) is 191 cm³/mol. The Hall–Kier alpha value is -2.92. The average molecular weight is 704 g/mol. The van der Waals surface area contributed by atoms with Gasteiger partial charge >= 0.3 is 18.2 Å². The van der Waals surface area contributed by atoms with E-state index in [1.54, 1.807) is 0 Å². The first-order valence-electron chi connectivity index (χ1n) is 19.2. The quantitative estimate of drug-likeness (QED) is 0.0965. The first-order chi connectivity index (χ1) is 24.0. The Morgan fingerprint density at radius 2 is 1.70 bits per heavy atom. The number of ether oxygens (including phenoxy) is 3. The lowest BCUT2D eigenvalue weighted by Crippen LogP contribution is -2.52. The van der Waals surface area contributed by atoms with E-state index < -0.39 is 43.1 Å². The van der Waals surface area contributed by atoms with Gasteiger partial charge in [0.05, 0.1) is 25.2 Å². The number of piperazine rings is 1. The maximum Gasteiger partial charge on any atom is 0.410 e. The maximum atomic E-state index is 13.4. The number of alkyl halides is 1. The fraction of sp³-hybridized carbons (Fsp3) is 0.769. The Morgan fingerprint density at radius 3 is 2.40 bits per heavy atom. The van der Waals surface area contributed by atoms with Crippen LogP contribution < -0.4 is 0 Å². The first kappa shape index (κ1) is 39.9. The van der Waals surface area contributed by atoms with Crippen molar-refractivity contribution < 1.29 is 38.1 Å². The zero-order chi connectivity index (χ0) is 36.0. The second kappa shape index (κ2) is 20.2. The van der Waals surface area contributed by atoms with Crippen LogP contribution in [-0.4, -0.2) is 114 Å². The molecule has 4 aliphatic rings. The molecule has 2 amide bonds. The number of amides is 2. The lowest BCUT2D eigenvalue weighted by molar-refractivity contribution is -0.151. The van der Waals surface area contributed by atoms with Crippen LogP contribution in [0.2, 0.25) is 0 Å². The van der Waals surface area contributed by atoms with Crippen molar-refractivity contribution in [2.75, 3.05) is 46.0 Å². The van der Waals surface area contributed by atoms with Crippen molar-refractivity contribution in [3.63, 3.8) is 0 Å². The van der Waals surface area contributed by atoms with Gasteiger partial charge in [-0.1, -0.05) is 70.8 Å². The molecule has 3 heterocycles. The third-order valence-corrected chi connectivity index (χ3v) is 10.9. The standard InChI is InChI=1S/C39H62FN3O7/c1-28(27-48-39(47)43-20-10-15-33(43)26-40)11-9-12-30(3)37-31(4)17-19-35(29(2)16-18-34(44)25-36(45)50-37)49-38(46)42-23-21-41(22-24-42)32-13-7-5-6-8-14-32/h9,11-12,17,19,28-29,31-35,37,44H,5-8,10,13-16,18,20-27H2,1-4H3/b11-9+,19-17+,30-12+/t28?,29-,31+,33-,34+,35+,37-/m1/s1. The number of carbonyl (C=O) groups excluding carboxylic acids is 3. The van der Waals surface area contributed by atoms with Gasteiger partial charge in [0.25, 0.3) is 0 Å². The largest absolute Gasteiger partial charge is 0.457 e. The van der Waals surface area contributed by atoms with Crippen LogP contribution in [0.4, 0.5) is 14.0 Å². The number of nitrogens with zero attached hydrogens (tertiary/aromatic N) is 3. The SMILES string of the molecule is C/C(=C\C=C\C(C)COC(=O)N1CCC[C@@H]1CF)[C@H]1OC(=O)C[C@@H](O)CC[C@@H](C)[C@@H](OC(=O)N2CCN(C3CCCCCC3)CC2)/C=C/[C@@H]1C. The molecule has 0 aromatic rings. The number of aliphatic hydroxyl groups is 1. The number of hydrogen-bond donors (Lipinski definition) is 1. The van der Waals surface area contributed by atoms with Crippen molar-refractivity contribution in [1.82, 2.24) is 14.7 Å². The highest BCUT2D eigenvalue weighted by Crippen LogP contribution is 2.27. The molecule has 0 aromatic carbocycles. The van der Waals surface area contributed by atoms with E-state index in [9.17, 15) is 23.9 Å². The van der Waals surface area contributed by atoms with Gasteiger partial charge in [-0.3, -0.25) is 9.69 Å². The summed E-state index contributed by atoms with van der Waals surface area (Å²) in [7, 11) is 0. The highest BCUT2D eigenvalue weighted by atomic mass is 19.1. The van der Waals surface area contributed by atoms with Crippen LogP contribution in [0.1, 0.15) is 98.3 Å². The van der Waals surface area contributed by atoms with Crippen molar-refractivity contribution in [1.29, 1.82) is 0 Å². The van der Waals surface area contributed by atoms with E-state index in [1.165, 1.54) is 43.4 Å². The molecule has 1 saturated carbocycles. The highest BCUT2D eigenvalue weighted by molar-refractivity contribution is 5.70. The molecular formula is C39H62FN3O7. The number of halogens is 1. The van der Waals surface area contributed by atoms with E-state index in [0.29, 0.717) is 44.9 Å². The highest BCUT2D eigenvalue weighted by Gasteiger charge is 2.32. The van der Waals surface area contributed by atoms with Crippen LogP contribution in [0.3, 0.4) is 0 Å². The Balaban J connectivity index is 1.36. The van der Waals surface area contributed by atoms with E-state index in [2.05, 4.69) is 4.90 Å². The van der Waals surface area contributed by atoms with Gasteiger partial charge in [-0.2, -0.15) is 0 Å². The number of esters is 1. The monoisotopic (exact) mass is 703 g/mol. The van der Waals surface area contributed by atoms with Gasteiger partial charge < -0.3 is 29.1 Å². The van der Waals surface area contributed by atoms with Gasteiger partial charge in [0.2, 0.25) is 0 Å². The number of likely N-dealkylation sites (tertiary alicyclic amines) is 1. The molecule has 0 aromatic heterocycles. The lowest BCUT2D eigenvalue weighted by atomic mass is 9.92. The minimum absolute atomic E-state index is 0.0540. The van der Waals surface area contributed by atoms with Crippen LogP contribution in [-0.2, 0) is 19.0 Å². The summed E-state index contributed by atoms with van der Waals surface area (Å²) < 4.78 is 30.7. The fourth-order valence-electron chi connectivity index (χ4n) is 7.60. The molecule has 3 aliphatic heterocycles. The third-order valence-electron chi connectivity index (χ3n) is 10.9. The average Bonchev–Trinajstić information content (AvgIpc) is 3.43. The zero-order valence-corrected chi connectivity index (χ0v) is 30.8. The molecule has 3 fully saturated rings. The van der Waals surface area contributed by atoms with Crippen molar-refractivity contribution in [2.45, 2.75) is 129 Å². The minimum Gasteiger partial charge on any atom is -0.457 e. The Morgan fingerprint density at radius 1 is 0.980 bits per heavy atom. The number of aliphatic hydroxyl groups excluding tert-OH is 1. The van der Waals surface area contributed by atoms with Gasteiger partial charge in [0, 0.05) is 50.6 Å². The van der Waals surface area contributed by atoms with Gasteiger partial charge in [-0.15, -0.1) is 0 Å². The molecule has 11 heteroatoms. The summed E-state index contributed by atoms with van der Waals surface area (Å²) in [4.78, 5) is 44.5. The smallest absolute Gasteiger partial charge is 0.410 e. The summed E-state index contributed by atoms with van der Waals surface area (Å²) in [5.74, 6) is -0.842. The van der Waals surface area contributed by atoms with Crippen molar-refractivity contribution >= 4 is 18.2 Å². The van der Waals surface area contributed by atoms with Crippen LogP contribution in [0.25, 0.3) is 0 Å². The molecule has 4 rings (SSSR count). The maximum absolute atomic E-state index is 13.4. The van der Waals surface area contributed by atoms with E-state index >= 15 is 0 Å². The summed E-state index contributed by atoms with van der Waals surface area (Å²) in [5, 5.41) is 10.7. The number of carbonyl (C=O) groups is 3. The van der Waals surface area contributed by atoms with Gasteiger partial charge in [-0.05, 0) is 63.0 Å². The molecular weight excluding hydrogens is 641 g/mol. The molecule has 1 unspecified atom stereocenters. The minimum atomic E-state index is -0.855. The van der Waals surface area contributed by atoms with E-state index in [1.807, 2.05) is 63.0 Å². The van der Waals surface area contributed by atoms with Gasteiger partial charge in [-0.25, -0.2) is 14.0 Å². The Kier molecular flexibility index (Phi) is 16.1. The second-order valence-electron chi connectivity index (χ2n) is 15.1. The zero-order valence-electron chi connectivity index (χ0n) is 30.8. The van der Waals surface area contributed by atoms with E-state index in [4.69, 9.17) is 14.2 Å². The number of cyclic esters (lactones) is 1. The molecule has 50 heavy (non-hydrogen) atoms. The van der Waals surface area contributed by atoms with Crippen LogP contribution in [0.15, 0.2) is 36.0 Å². The molecule has 282 valence electrons. The van der Waals surface area contributed by atoms with E-state index in [0.717, 1.165) is 25.1 Å². The molecule has 0 bridgehead atoms. The molecule has 0 spiro atoms. The number of rotatable bonds is 8. The number of hydrogen-bond acceptors (Lipinski definition) is 8.